The molecule has 64 valence electrons. The van der Waals surface area contributed by atoms with Crippen LogP contribution in [0.5, 0.6) is 0 Å². The van der Waals surface area contributed by atoms with Gasteiger partial charge in [-0.05, 0) is 19.0 Å². The molecule has 0 aromatic rings. The molecule has 0 aromatic carbocycles. The summed E-state index contributed by atoms with van der Waals surface area (Å²) in [6.45, 7) is 4.21. The van der Waals surface area contributed by atoms with Crippen LogP contribution in [-0.2, 0) is 9.53 Å². The zero-order chi connectivity index (χ0) is 8.27. The van der Waals surface area contributed by atoms with Crippen LogP contribution in [0.1, 0.15) is 6.92 Å². The van der Waals surface area contributed by atoms with E-state index >= 15 is 0 Å². The topological polar surface area (TPSA) is 38.3 Å². The Morgan fingerprint density at radius 2 is 2.36 bits per heavy atom. The average Bonchev–Trinajstić information content (AvgIpc) is 1.84. The van der Waals surface area contributed by atoms with Gasteiger partial charge >= 0.3 is 0 Å². The first-order chi connectivity index (χ1) is 5.25. The Morgan fingerprint density at radius 1 is 1.73 bits per heavy atom. The number of carbonyl (C=O) groups is 1. The van der Waals surface area contributed by atoms with E-state index in [2.05, 4.69) is 5.32 Å². The highest BCUT2D eigenvalue weighted by Gasteiger charge is 2.27. The molecular weight excluding hydrogens is 142 g/mol. The summed E-state index contributed by atoms with van der Waals surface area (Å²) in [6.07, 6.45) is 0. The molecule has 0 amide bonds. The first kappa shape index (κ1) is 8.68. The van der Waals surface area contributed by atoms with E-state index < -0.39 is 0 Å². The highest BCUT2D eigenvalue weighted by molar-refractivity contribution is 5.82. The summed E-state index contributed by atoms with van der Waals surface area (Å²) in [5, 5.41) is 3.15. The molecule has 0 aromatic heterocycles. The van der Waals surface area contributed by atoms with Gasteiger partial charge in [-0.15, -0.1) is 0 Å². The third kappa shape index (κ3) is 2.01. The lowest BCUT2D eigenvalue weighted by Crippen LogP contribution is -2.47. The first-order valence-electron chi connectivity index (χ1n) is 3.98. The summed E-state index contributed by atoms with van der Waals surface area (Å²) in [4.78, 5) is 11.2. The highest BCUT2D eigenvalue weighted by Crippen LogP contribution is 2.16. The minimum atomic E-state index is 0.163. The van der Waals surface area contributed by atoms with Crippen molar-refractivity contribution in [3.8, 4) is 0 Å². The Hall–Kier alpha value is -0.410. The molecule has 1 saturated heterocycles. The second-order valence-electron chi connectivity index (χ2n) is 3.11. The fraction of sp³-hybridized carbons (Fsp3) is 0.875. The maximum Gasteiger partial charge on any atom is 0.161 e. The summed E-state index contributed by atoms with van der Waals surface area (Å²) in [5.74, 6) is 0.924. The van der Waals surface area contributed by atoms with Crippen molar-refractivity contribution in [1.82, 2.24) is 5.32 Å². The molecule has 3 nitrogen and oxygen atoms in total. The van der Waals surface area contributed by atoms with Crippen LogP contribution in [0, 0.1) is 11.8 Å². The molecular formula is C8H15NO2. The van der Waals surface area contributed by atoms with Gasteiger partial charge in [0.15, 0.2) is 5.78 Å². The Kier molecular flexibility index (Phi) is 3.02. The molecule has 1 fully saturated rings. The molecule has 0 bridgehead atoms. The monoisotopic (exact) mass is 157 g/mol. The lowest BCUT2D eigenvalue weighted by atomic mass is 9.86. The molecule has 1 rings (SSSR count). The molecule has 1 aliphatic heterocycles. The van der Waals surface area contributed by atoms with Gasteiger partial charge in [-0.2, -0.15) is 0 Å². The molecule has 3 heteroatoms. The van der Waals surface area contributed by atoms with Crippen molar-refractivity contribution in [1.29, 1.82) is 0 Å². The molecule has 1 N–H and O–H groups in total. The Balaban J connectivity index is 2.27. The smallest absolute Gasteiger partial charge is 0.161 e. The van der Waals surface area contributed by atoms with Gasteiger partial charge in [0, 0.05) is 13.0 Å². The van der Waals surface area contributed by atoms with E-state index in [9.17, 15) is 4.79 Å². The summed E-state index contributed by atoms with van der Waals surface area (Å²) >= 11 is 0. The minimum Gasteiger partial charge on any atom is -0.377 e. The lowest BCUT2D eigenvalue weighted by molar-refractivity contribution is -0.128. The Morgan fingerprint density at radius 3 is 2.73 bits per heavy atom. The quantitative estimate of drug-likeness (QED) is 0.627. The second kappa shape index (κ2) is 3.83. The molecule has 0 saturated carbocycles. The van der Waals surface area contributed by atoms with E-state index in [1.54, 1.807) is 7.11 Å². The molecule has 1 heterocycles. The number of hydrogen-bond donors (Lipinski definition) is 1. The Bertz CT molecular complexity index is 143. The SMILES string of the molecule is COCC(=O)C(C)C1CNC1. The number of nitrogens with one attached hydrogen (secondary N) is 1. The fourth-order valence-corrected chi connectivity index (χ4v) is 1.20. The van der Waals surface area contributed by atoms with Crippen molar-refractivity contribution in [2.75, 3.05) is 26.8 Å². The van der Waals surface area contributed by atoms with Crippen molar-refractivity contribution < 1.29 is 9.53 Å². The van der Waals surface area contributed by atoms with Gasteiger partial charge in [-0.1, -0.05) is 6.92 Å². The number of ketones is 1. The first-order valence-corrected chi connectivity index (χ1v) is 3.98. The number of carbonyl (C=O) groups excluding carboxylic acids is 1. The van der Waals surface area contributed by atoms with Crippen LogP contribution in [0.25, 0.3) is 0 Å². The standard InChI is InChI=1S/C8H15NO2/c1-6(7-3-9-4-7)8(10)5-11-2/h6-7,9H,3-5H2,1-2H3. The van der Waals surface area contributed by atoms with E-state index in [1.165, 1.54) is 0 Å². The largest absolute Gasteiger partial charge is 0.377 e. The third-order valence-corrected chi connectivity index (χ3v) is 2.31. The molecule has 1 aliphatic rings. The maximum absolute atomic E-state index is 11.2. The maximum atomic E-state index is 11.2. The predicted molar refractivity (Wildman–Crippen MR) is 42.4 cm³/mol. The average molecular weight is 157 g/mol. The van der Waals surface area contributed by atoms with E-state index in [4.69, 9.17) is 4.74 Å². The van der Waals surface area contributed by atoms with Crippen molar-refractivity contribution in [2.45, 2.75) is 6.92 Å². The Labute approximate surface area is 67.1 Å². The fourth-order valence-electron chi connectivity index (χ4n) is 1.20. The van der Waals surface area contributed by atoms with Crippen LogP contribution in [0.15, 0.2) is 0 Å². The van der Waals surface area contributed by atoms with Crippen LogP contribution in [0.3, 0.4) is 0 Å². The lowest BCUT2D eigenvalue weighted by Gasteiger charge is -2.31. The van der Waals surface area contributed by atoms with E-state index in [-0.39, 0.29) is 18.3 Å². The summed E-state index contributed by atoms with van der Waals surface area (Å²) < 4.78 is 4.77. The van der Waals surface area contributed by atoms with E-state index in [0.29, 0.717) is 5.92 Å². The van der Waals surface area contributed by atoms with Gasteiger partial charge in [0.2, 0.25) is 0 Å². The highest BCUT2D eigenvalue weighted by atomic mass is 16.5. The molecule has 0 spiro atoms. The minimum absolute atomic E-state index is 0.163. The molecule has 0 aliphatic carbocycles. The van der Waals surface area contributed by atoms with Crippen molar-refractivity contribution in [3.05, 3.63) is 0 Å². The number of hydrogen-bond acceptors (Lipinski definition) is 3. The molecule has 1 unspecified atom stereocenters. The van der Waals surface area contributed by atoms with Crippen LogP contribution in [0.2, 0.25) is 0 Å². The second-order valence-corrected chi connectivity index (χ2v) is 3.11. The third-order valence-electron chi connectivity index (χ3n) is 2.31. The summed E-state index contributed by atoms with van der Waals surface area (Å²) in [7, 11) is 1.56. The normalized spacial score (nSPS) is 20.9. The van der Waals surface area contributed by atoms with Gasteiger partial charge in [-0.3, -0.25) is 4.79 Å². The predicted octanol–water partition coefficient (Wildman–Crippen LogP) is 0.0574. The zero-order valence-corrected chi connectivity index (χ0v) is 7.09. The molecule has 11 heavy (non-hydrogen) atoms. The van der Waals surface area contributed by atoms with Gasteiger partial charge in [0.1, 0.15) is 6.61 Å². The van der Waals surface area contributed by atoms with Crippen molar-refractivity contribution in [3.63, 3.8) is 0 Å². The van der Waals surface area contributed by atoms with Crippen LogP contribution < -0.4 is 5.32 Å². The van der Waals surface area contributed by atoms with Crippen molar-refractivity contribution in [2.24, 2.45) is 11.8 Å². The summed E-state index contributed by atoms with van der Waals surface area (Å²) in [5.41, 5.74) is 0. The number of ether oxygens (including phenoxy) is 1. The van der Waals surface area contributed by atoms with Crippen LogP contribution in [0.4, 0.5) is 0 Å². The van der Waals surface area contributed by atoms with Crippen molar-refractivity contribution >= 4 is 5.78 Å². The van der Waals surface area contributed by atoms with Gasteiger partial charge in [0.25, 0.3) is 0 Å². The number of Topliss-reactive ketones (excluding diaryl/α,β-unsaturated/α-hetero) is 1. The van der Waals surface area contributed by atoms with Crippen LogP contribution >= 0.6 is 0 Å². The molecule has 1 atom stereocenters. The number of methoxy groups -OCH3 is 1. The van der Waals surface area contributed by atoms with Gasteiger partial charge in [-0.25, -0.2) is 0 Å². The summed E-state index contributed by atoms with van der Waals surface area (Å²) in [6, 6.07) is 0. The van der Waals surface area contributed by atoms with Gasteiger partial charge in [0.05, 0.1) is 0 Å². The zero-order valence-electron chi connectivity index (χ0n) is 7.09. The molecule has 0 radical (unpaired) electrons. The van der Waals surface area contributed by atoms with Crippen LogP contribution in [-0.4, -0.2) is 32.6 Å². The van der Waals surface area contributed by atoms with Gasteiger partial charge < -0.3 is 10.1 Å². The van der Waals surface area contributed by atoms with E-state index in [0.717, 1.165) is 13.1 Å². The number of rotatable bonds is 4. The van der Waals surface area contributed by atoms with E-state index in [1.807, 2.05) is 6.92 Å².